The predicted octanol–water partition coefficient (Wildman–Crippen LogP) is 2.71. The van der Waals surface area contributed by atoms with Crippen molar-refractivity contribution in [3.05, 3.63) is 71.9 Å². The van der Waals surface area contributed by atoms with Crippen LogP contribution in [0.4, 0.5) is 13.6 Å². The molecule has 1 aliphatic heterocycles. The number of halogens is 2. The Morgan fingerprint density at radius 1 is 1.22 bits per heavy atom. The summed E-state index contributed by atoms with van der Waals surface area (Å²) >= 11 is 0. The smallest absolute Gasteiger partial charge is 0.325 e. The van der Waals surface area contributed by atoms with Crippen molar-refractivity contribution in [3.63, 3.8) is 0 Å². The summed E-state index contributed by atoms with van der Waals surface area (Å²) in [5.41, 5.74) is -0.877. The number of amides is 3. The zero-order valence-corrected chi connectivity index (χ0v) is 14.1. The summed E-state index contributed by atoms with van der Waals surface area (Å²) < 4.78 is 33.4. The Morgan fingerprint density at radius 2 is 2.04 bits per heavy atom. The van der Waals surface area contributed by atoms with Gasteiger partial charge in [0.25, 0.3) is 5.91 Å². The van der Waals surface area contributed by atoms with Crippen molar-refractivity contribution >= 4 is 11.9 Å². The third-order valence-corrected chi connectivity index (χ3v) is 4.41. The fourth-order valence-corrected chi connectivity index (χ4v) is 2.98. The average Bonchev–Trinajstić information content (AvgIpc) is 3.34. The van der Waals surface area contributed by atoms with Gasteiger partial charge in [0.1, 0.15) is 17.3 Å². The molecule has 3 amide bonds. The molecule has 1 aliphatic rings. The number of carbonyl (C=O) groups excluding carboxylic acids is 2. The average molecular weight is 372 g/mol. The van der Waals surface area contributed by atoms with Crippen LogP contribution in [0.3, 0.4) is 0 Å². The van der Waals surface area contributed by atoms with Gasteiger partial charge in [-0.1, -0.05) is 0 Å². The summed E-state index contributed by atoms with van der Waals surface area (Å²) in [6, 6.07) is 7.32. The first-order chi connectivity index (χ1) is 12.9. The molecule has 0 aliphatic carbocycles. The summed E-state index contributed by atoms with van der Waals surface area (Å²) in [7, 11) is 0. The van der Waals surface area contributed by atoms with Gasteiger partial charge in [-0.3, -0.25) is 9.69 Å². The molecule has 4 rings (SSSR count). The third-order valence-electron chi connectivity index (χ3n) is 4.41. The minimum Gasteiger partial charge on any atom is -0.466 e. The van der Waals surface area contributed by atoms with Gasteiger partial charge in [-0.2, -0.15) is 5.10 Å². The maximum Gasteiger partial charge on any atom is 0.325 e. The lowest BCUT2D eigenvalue weighted by Gasteiger charge is -2.18. The molecule has 0 spiro atoms. The minimum absolute atomic E-state index is 0.0558. The van der Waals surface area contributed by atoms with Crippen LogP contribution in [0, 0.1) is 11.6 Å². The van der Waals surface area contributed by atoms with E-state index < -0.39 is 29.1 Å². The summed E-state index contributed by atoms with van der Waals surface area (Å²) in [6.07, 6.45) is 2.89. The predicted molar refractivity (Wildman–Crippen MR) is 88.6 cm³/mol. The van der Waals surface area contributed by atoms with E-state index in [2.05, 4.69) is 10.4 Å². The van der Waals surface area contributed by atoms with E-state index in [1.165, 1.54) is 23.2 Å². The topological polar surface area (TPSA) is 80.4 Å². The molecule has 138 valence electrons. The fraction of sp³-hybridized carbons (Fsp3) is 0.167. The van der Waals surface area contributed by atoms with E-state index >= 15 is 0 Å². The number of benzene rings is 1. The Bertz CT molecular complexity index is 1030. The van der Waals surface area contributed by atoms with Gasteiger partial charge in [0.2, 0.25) is 0 Å². The molecule has 3 aromatic rings. The first kappa shape index (κ1) is 17.0. The van der Waals surface area contributed by atoms with Crippen LogP contribution in [0.5, 0.6) is 0 Å². The van der Waals surface area contributed by atoms with Crippen molar-refractivity contribution in [2.24, 2.45) is 0 Å². The van der Waals surface area contributed by atoms with Crippen LogP contribution in [0.2, 0.25) is 0 Å². The Balaban J connectivity index is 1.57. The van der Waals surface area contributed by atoms with E-state index in [9.17, 15) is 18.4 Å². The van der Waals surface area contributed by atoms with E-state index in [1.807, 2.05) is 0 Å². The van der Waals surface area contributed by atoms with Crippen molar-refractivity contribution in [2.45, 2.75) is 19.0 Å². The second-order valence-corrected chi connectivity index (χ2v) is 6.27. The Kier molecular flexibility index (Phi) is 3.79. The Morgan fingerprint density at radius 3 is 2.74 bits per heavy atom. The van der Waals surface area contributed by atoms with Crippen molar-refractivity contribution in [1.82, 2.24) is 20.0 Å². The molecule has 3 heterocycles. The van der Waals surface area contributed by atoms with Gasteiger partial charge in [-0.25, -0.2) is 18.3 Å². The highest BCUT2D eigenvalue weighted by Crippen LogP contribution is 2.30. The summed E-state index contributed by atoms with van der Waals surface area (Å²) in [5, 5.41) is 6.78. The van der Waals surface area contributed by atoms with Gasteiger partial charge >= 0.3 is 6.03 Å². The quantitative estimate of drug-likeness (QED) is 0.714. The molecule has 0 bridgehead atoms. The lowest BCUT2D eigenvalue weighted by Crippen LogP contribution is -2.40. The Labute approximate surface area is 152 Å². The number of carbonyl (C=O) groups is 2. The van der Waals surface area contributed by atoms with Gasteiger partial charge < -0.3 is 9.73 Å². The van der Waals surface area contributed by atoms with Gasteiger partial charge in [0.15, 0.2) is 11.4 Å². The molecule has 1 atom stereocenters. The number of nitrogens with zero attached hydrogens (tertiary/aromatic N) is 3. The molecule has 27 heavy (non-hydrogen) atoms. The van der Waals surface area contributed by atoms with Gasteiger partial charge in [0, 0.05) is 12.3 Å². The molecule has 7 nitrogen and oxygen atoms in total. The lowest BCUT2D eigenvalue weighted by atomic mass is 9.99. The van der Waals surface area contributed by atoms with Crippen molar-refractivity contribution < 1.29 is 22.8 Å². The fourth-order valence-electron chi connectivity index (χ4n) is 2.98. The number of furan rings is 1. The third kappa shape index (κ3) is 2.77. The monoisotopic (exact) mass is 372 g/mol. The lowest BCUT2D eigenvalue weighted by molar-refractivity contribution is -0.132. The normalized spacial score (nSPS) is 19.6. The minimum atomic E-state index is -1.30. The van der Waals surface area contributed by atoms with E-state index in [-0.39, 0.29) is 12.2 Å². The highest BCUT2D eigenvalue weighted by Gasteiger charge is 2.51. The van der Waals surface area contributed by atoms with Crippen molar-refractivity contribution in [2.75, 3.05) is 0 Å². The summed E-state index contributed by atoms with van der Waals surface area (Å²) in [6.45, 7) is 1.45. The maximum atomic E-state index is 13.9. The second kappa shape index (κ2) is 6.04. The SMILES string of the molecule is CC1(c2ccco2)NC(=O)N(Cc2ccn(-c3ccc(F)cc3F)n2)C1=O. The van der Waals surface area contributed by atoms with E-state index in [0.29, 0.717) is 11.5 Å². The number of hydrogen-bond acceptors (Lipinski definition) is 4. The highest BCUT2D eigenvalue weighted by atomic mass is 19.1. The second-order valence-electron chi connectivity index (χ2n) is 6.27. The molecule has 9 heteroatoms. The zero-order valence-electron chi connectivity index (χ0n) is 14.1. The zero-order chi connectivity index (χ0) is 19.2. The number of rotatable bonds is 4. The van der Waals surface area contributed by atoms with Crippen LogP contribution >= 0.6 is 0 Å². The molecule has 1 fully saturated rings. The standard InChI is InChI=1S/C18H14F2N4O3/c1-18(15-3-2-8-27-15)16(25)23(17(26)21-18)10-12-6-7-24(22-12)14-5-4-11(19)9-13(14)20/h2-9H,10H2,1H3,(H,21,26). The molecule has 2 aromatic heterocycles. The van der Waals surface area contributed by atoms with E-state index in [1.54, 1.807) is 25.1 Å². The van der Waals surface area contributed by atoms with E-state index in [4.69, 9.17) is 4.42 Å². The number of urea groups is 1. The first-order valence-electron chi connectivity index (χ1n) is 8.06. The molecule has 0 radical (unpaired) electrons. The van der Waals surface area contributed by atoms with Crippen LogP contribution in [0.15, 0.2) is 53.3 Å². The first-order valence-corrected chi connectivity index (χ1v) is 8.06. The largest absolute Gasteiger partial charge is 0.466 e. The van der Waals surface area contributed by atoms with Gasteiger partial charge in [-0.05, 0) is 37.3 Å². The van der Waals surface area contributed by atoms with Crippen LogP contribution in [0.25, 0.3) is 5.69 Å². The molecular formula is C18H14F2N4O3. The number of hydrogen-bond donors (Lipinski definition) is 1. The number of imide groups is 1. The molecule has 1 saturated heterocycles. The summed E-state index contributed by atoms with van der Waals surface area (Å²) in [5.74, 6) is -1.63. The maximum absolute atomic E-state index is 13.9. The van der Waals surface area contributed by atoms with Gasteiger partial charge in [-0.15, -0.1) is 0 Å². The molecule has 1 aromatic carbocycles. The summed E-state index contributed by atoms with van der Waals surface area (Å²) in [4.78, 5) is 26.0. The van der Waals surface area contributed by atoms with Crippen LogP contribution in [0.1, 0.15) is 18.4 Å². The highest BCUT2D eigenvalue weighted by molar-refractivity contribution is 6.06. The molecular weight excluding hydrogens is 358 g/mol. The Hall–Kier alpha value is -3.49. The van der Waals surface area contributed by atoms with Crippen LogP contribution in [-0.4, -0.2) is 26.6 Å². The van der Waals surface area contributed by atoms with Crippen molar-refractivity contribution in [3.8, 4) is 5.69 Å². The molecule has 0 saturated carbocycles. The molecule has 1 N–H and O–H groups in total. The van der Waals surface area contributed by atoms with Crippen LogP contribution < -0.4 is 5.32 Å². The van der Waals surface area contributed by atoms with Gasteiger partial charge in [0.05, 0.1) is 18.5 Å². The number of aromatic nitrogens is 2. The van der Waals surface area contributed by atoms with Crippen molar-refractivity contribution in [1.29, 1.82) is 0 Å². The van der Waals surface area contributed by atoms with Crippen LogP contribution in [-0.2, 0) is 16.9 Å². The molecule has 1 unspecified atom stereocenters. The van der Waals surface area contributed by atoms with E-state index in [0.717, 1.165) is 17.0 Å². The number of nitrogens with one attached hydrogen (secondary N) is 1.